The third-order valence-electron chi connectivity index (χ3n) is 5.38. The monoisotopic (exact) mass is 493 g/mol. The molecule has 4 rings (SSSR count). The predicted octanol–water partition coefficient (Wildman–Crippen LogP) is 4.06. The summed E-state index contributed by atoms with van der Waals surface area (Å²) in [6.45, 7) is 2.54. The van der Waals surface area contributed by atoms with E-state index < -0.39 is 10.0 Å². The highest BCUT2D eigenvalue weighted by Gasteiger charge is 2.24. The molecule has 0 radical (unpaired) electrons. The number of ether oxygens (including phenoxy) is 2. The van der Waals surface area contributed by atoms with Gasteiger partial charge in [0.25, 0.3) is 10.0 Å². The van der Waals surface area contributed by atoms with Gasteiger partial charge in [-0.15, -0.1) is 9.19 Å². The van der Waals surface area contributed by atoms with Crippen LogP contribution in [0.4, 0.5) is 11.9 Å². The van der Waals surface area contributed by atoms with Crippen LogP contribution in [-0.4, -0.2) is 36.8 Å². The molecule has 0 saturated carbocycles. The first-order valence-electron chi connectivity index (χ1n) is 10.9. The van der Waals surface area contributed by atoms with E-state index in [-0.39, 0.29) is 23.3 Å². The Labute approximate surface area is 204 Å². The highest BCUT2D eigenvalue weighted by Crippen LogP contribution is 2.23. The van der Waals surface area contributed by atoms with E-state index in [4.69, 9.17) is 9.47 Å². The molecule has 0 aliphatic heterocycles. The second kappa shape index (κ2) is 10.5. The summed E-state index contributed by atoms with van der Waals surface area (Å²) < 4.78 is 38.6. The average molecular weight is 494 g/mol. The van der Waals surface area contributed by atoms with Gasteiger partial charge in [-0.25, -0.2) is 0 Å². The molecule has 0 saturated heterocycles. The minimum atomic E-state index is -4.00. The summed E-state index contributed by atoms with van der Waals surface area (Å²) in [7, 11) is -0.813. The Kier molecular flexibility index (Phi) is 7.21. The first kappa shape index (κ1) is 24.1. The van der Waals surface area contributed by atoms with Gasteiger partial charge in [-0.3, -0.25) is 0 Å². The largest absolute Gasteiger partial charge is 0.496 e. The number of aromatic nitrogens is 3. The quantitative estimate of drug-likeness (QED) is 0.341. The molecule has 0 atom stereocenters. The van der Waals surface area contributed by atoms with Gasteiger partial charge in [0.15, 0.2) is 0 Å². The maximum absolute atomic E-state index is 13.4. The summed E-state index contributed by atoms with van der Waals surface area (Å²) >= 11 is 0. The molecule has 35 heavy (non-hydrogen) atoms. The van der Waals surface area contributed by atoms with Gasteiger partial charge >= 0.3 is 0 Å². The lowest BCUT2D eigenvalue weighted by atomic mass is 10.2. The molecule has 1 aromatic heterocycles. The fourth-order valence-electron chi connectivity index (χ4n) is 3.51. The normalized spacial score (nSPS) is 11.2. The molecule has 1 heterocycles. The van der Waals surface area contributed by atoms with E-state index in [0.29, 0.717) is 18.0 Å². The molecule has 0 unspecified atom stereocenters. The molecule has 9 nitrogen and oxygen atoms in total. The molecule has 10 heteroatoms. The third-order valence-corrected chi connectivity index (χ3v) is 6.96. The lowest BCUT2D eigenvalue weighted by molar-refractivity contribution is 0.410. The summed E-state index contributed by atoms with van der Waals surface area (Å²) in [5.74, 6) is 1.64. The number of hydrogen-bond donors (Lipinski definition) is 2. The van der Waals surface area contributed by atoms with Gasteiger partial charge in [0, 0.05) is 24.2 Å². The number of rotatable bonds is 10. The van der Waals surface area contributed by atoms with E-state index in [2.05, 4.69) is 20.7 Å². The van der Waals surface area contributed by atoms with E-state index in [1.54, 1.807) is 38.5 Å². The first-order chi connectivity index (χ1) is 16.9. The van der Waals surface area contributed by atoms with Crippen LogP contribution < -0.4 is 20.1 Å². The van der Waals surface area contributed by atoms with E-state index in [9.17, 15) is 8.42 Å². The summed E-state index contributed by atoms with van der Waals surface area (Å²) in [6.07, 6.45) is 0. The first-order valence-corrected chi connectivity index (χ1v) is 12.4. The van der Waals surface area contributed by atoms with E-state index >= 15 is 0 Å². The van der Waals surface area contributed by atoms with Crippen LogP contribution in [0.5, 0.6) is 11.5 Å². The van der Waals surface area contributed by atoms with Crippen LogP contribution in [0.3, 0.4) is 0 Å². The standard InChI is InChI=1S/C25H27N5O4S/c1-18-12-14-21(15-13-18)35(31,32)30-25(27-17-20-9-5-7-11-23(20)34-3)28-24(29-30)26-16-19-8-4-6-10-22(19)33-2/h4-15H,16-17H2,1-3H3,(H2,26,27,28,29). The van der Waals surface area contributed by atoms with Crippen LogP contribution in [0.2, 0.25) is 0 Å². The summed E-state index contributed by atoms with van der Waals surface area (Å²) in [5, 5.41) is 10.5. The number of nitrogens with zero attached hydrogens (tertiary/aromatic N) is 3. The van der Waals surface area contributed by atoms with Gasteiger partial charge in [0.1, 0.15) is 11.5 Å². The lowest BCUT2D eigenvalue weighted by Crippen LogP contribution is -2.18. The Morgan fingerprint density at radius 1 is 0.800 bits per heavy atom. The molecule has 0 amide bonds. The van der Waals surface area contributed by atoms with Crippen molar-refractivity contribution >= 4 is 21.9 Å². The van der Waals surface area contributed by atoms with Crippen LogP contribution in [0.15, 0.2) is 77.7 Å². The zero-order valence-electron chi connectivity index (χ0n) is 19.7. The number of aryl methyl sites for hydroxylation is 1. The highest BCUT2D eigenvalue weighted by molar-refractivity contribution is 7.90. The Bertz CT molecular complexity index is 1400. The van der Waals surface area contributed by atoms with Crippen molar-refractivity contribution in [3.8, 4) is 11.5 Å². The molecule has 2 N–H and O–H groups in total. The summed E-state index contributed by atoms with van der Waals surface area (Å²) in [5.41, 5.74) is 2.69. The molecule has 0 bridgehead atoms. The van der Waals surface area contributed by atoms with Crippen LogP contribution >= 0.6 is 0 Å². The van der Waals surface area contributed by atoms with Crippen molar-refractivity contribution in [2.24, 2.45) is 0 Å². The topological polar surface area (TPSA) is 107 Å². The number of benzene rings is 3. The molecule has 0 aliphatic rings. The SMILES string of the molecule is COc1ccccc1CNc1nc(NCc2ccccc2OC)n(S(=O)(=O)c2ccc(C)cc2)n1. The molecule has 182 valence electrons. The van der Waals surface area contributed by atoms with Gasteiger partial charge < -0.3 is 20.1 Å². The van der Waals surface area contributed by atoms with Crippen LogP contribution in [-0.2, 0) is 23.1 Å². The minimum Gasteiger partial charge on any atom is -0.496 e. The van der Waals surface area contributed by atoms with Crippen LogP contribution in [0.25, 0.3) is 0 Å². The molecular weight excluding hydrogens is 466 g/mol. The van der Waals surface area contributed by atoms with Gasteiger partial charge in [0.05, 0.1) is 19.1 Å². The summed E-state index contributed by atoms with van der Waals surface area (Å²) in [4.78, 5) is 4.54. The number of nitrogens with one attached hydrogen (secondary N) is 2. The number of para-hydroxylation sites is 2. The number of anilines is 2. The van der Waals surface area contributed by atoms with Crippen molar-refractivity contribution in [2.45, 2.75) is 24.9 Å². The molecule has 0 fully saturated rings. The molecule has 0 spiro atoms. The van der Waals surface area contributed by atoms with Gasteiger partial charge in [-0.1, -0.05) is 54.1 Å². The predicted molar refractivity (Wildman–Crippen MR) is 134 cm³/mol. The highest BCUT2D eigenvalue weighted by atomic mass is 32.2. The van der Waals surface area contributed by atoms with Crippen LogP contribution in [0, 0.1) is 6.92 Å². The second-order valence-corrected chi connectivity index (χ2v) is 9.52. The molecule has 0 aliphatic carbocycles. The van der Waals surface area contributed by atoms with Gasteiger partial charge in [-0.05, 0) is 31.2 Å². The summed E-state index contributed by atoms with van der Waals surface area (Å²) in [6, 6.07) is 21.6. The molecule has 4 aromatic rings. The average Bonchev–Trinajstić information content (AvgIpc) is 3.31. The van der Waals surface area contributed by atoms with E-state index in [1.807, 2.05) is 55.5 Å². The third kappa shape index (κ3) is 5.38. The Hall–Kier alpha value is -4.05. The second-order valence-electron chi connectivity index (χ2n) is 7.75. The maximum Gasteiger partial charge on any atom is 0.286 e. The fourth-order valence-corrected chi connectivity index (χ4v) is 4.70. The van der Waals surface area contributed by atoms with Gasteiger partial charge in [0.2, 0.25) is 11.9 Å². The maximum atomic E-state index is 13.4. The number of methoxy groups -OCH3 is 2. The zero-order chi connectivity index (χ0) is 24.8. The molecular formula is C25H27N5O4S. The van der Waals surface area contributed by atoms with Crippen molar-refractivity contribution in [1.82, 2.24) is 14.2 Å². The van der Waals surface area contributed by atoms with Crippen molar-refractivity contribution in [1.29, 1.82) is 0 Å². The lowest BCUT2D eigenvalue weighted by Gasteiger charge is -2.11. The van der Waals surface area contributed by atoms with Crippen molar-refractivity contribution < 1.29 is 17.9 Å². The van der Waals surface area contributed by atoms with Crippen molar-refractivity contribution in [3.63, 3.8) is 0 Å². The number of hydrogen-bond acceptors (Lipinski definition) is 8. The Balaban J connectivity index is 1.66. The van der Waals surface area contributed by atoms with Crippen LogP contribution in [0.1, 0.15) is 16.7 Å². The zero-order valence-corrected chi connectivity index (χ0v) is 20.5. The molecule has 3 aromatic carbocycles. The minimum absolute atomic E-state index is 0.0824. The van der Waals surface area contributed by atoms with E-state index in [0.717, 1.165) is 20.8 Å². The van der Waals surface area contributed by atoms with Crippen molar-refractivity contribution in [3.05, 3.63) is 89.5 Å². The van der Waals surface area contributed by atoms with E-state index in [1.165, 1.54) is 0 Å². The van der Waals surface area contributed by atoms with Gasteiger partial charge in [-0.2, -0.15) is 13.4 Å². The Morgan fingerprint density at radius 3 is 1.91 bits per heavy atom. The smallest absolute Gasteiger partial charge is 0.286 e. The van der Waals surface area contributed by atoms with Crippen molar-refractivity contribution in [2.75, 3.05) is 24.9 Å². The fraction of sp³-hybridized carbons (Fsp3) is 0.200. The Morgan fingerprint density at radius 2 is 1.34 bits per heavy atom.